The Morgan fingerprint density at radius 1 is 1.30 bits per heavy atom. The molecule has 0 amide bonds. The molecule has 1 heterocycles. The monoisotopic (exact) mass is 283 g/mol. The number of hydrogen-bond donors (Lipinski definition) is 1. The Labute approximate surface area is 122 Å². The number of carboxylic acid groups (broad SMARTS) is 1. The van der Waals surface area contributed by atoms with E-state index < -0.39 is 5.97 Å². The van der Waals surface area contributed by atoms with E-state index in [-0.39, 0.29) is 12.0 Å². The van der Waals surface area contributed by atoms with Crippen molar-refractivity contribution in [2.24, 2.45) is 11.8 Å². The van der Waals surface area contributed by atoms with Gasteiger partial charge in [-0.3, -0.25) is 9.69 Å². The summed E-state index contributed by atoms with van der Waals surface area (Å²) in [6.45, 7) is 7.06. The van der Waals surface area contributed by atoms with Crippen molar-refractivity contribution in [2.75, 3.05) is 19.7 Å². The van der Waals surface area contributed by atoms with Crippen LogP contribution in [0.5, 0.6) is 0 Å². The van der Waals surface area contributed by atoms with Crippen molar-refractivity contribution >= 4 is 5.97 Å². The second-order valence-corrected chi connectivity index (χ2v) is 6.32. The van der Waals surface area contributed by atoms with Gasteiger partial charge in [-0.2, -0.15) is 0 Å². The van der Waals surface area contributed by atoms with E-state index in [9.17, 15) is 9.90 Å². The lowest BCUT2D eigenvalue weighted by Crippen LogP contribution is -2.49. The molecule has 4 heteroatoms. The van der Waals surface area contributed by atoms with E-state index in [0.29, 0.717) is 12.0 Å². The van der Waals surface area contributed by atoms with Gasteiger partial charge < -0.3 is 9.84 Å². The summed E-state index contributed by atoms with van der Waals surface area (Å²) >= 11 is 0. The van der Waals surface area contributed by atoms with Gasteiger partial charge in [-0.1, -0.05) is 20.3 Å². The van der Waals surface area contributed by atoms with Gasteiger partial charge in [-0.05, 0) is 44.6 Å². The first-order valence-corrected chi connectivity index (χ1v) is 8.24. The zero-order valence-electron chi connectivity index (χ0n) is 12.9. The molecule has 1 aliphatic heterocycles. The van der Waals surface area contributed by atoms with Crippen LogP contribution in [-0.2, 0) is 9.53 Å². The predicted molar refractivity (Wildman–Crippen MR) is 78.8 cm³/mol. The van der Waals surface area contributed by atoms with Gasteiger partial charge in [0.05, 0.1) is 12.0 Å². The van der Waals surface area contributed by atoms with Crippen LogP contribution in [0, 0.1) is 11.8 Å². The summed E-state index contributed by atoms with van der Waals surface area (Å²) in [4.78, 5) is 13.9. The molecule has 1 N–H and O–H groups in total. The second kappa shape index (κ2) is 7.41. The number of likely N-dealkylation sites (N-methyl/N-ethyl adjacent to an activating group) is 1. The van der Waals surface area contributed by atoms with E-state index in [4.69, 9.17) is 4.74 Å². The number of nitrogens with zero attached hydrogens (tertiary/aromatic N) is 1. The van der Waals surface area contributed by atoms with Crippen LogP contribution in [0.2, 0.25) is 0 Å². The summed E-state index contributed by atoms with van der Waals surface area (Å²) in [6, 6.07) is 0.195. The zero-order chi connectivity index (χ0) is 14.5. The molecule has 0 spiro atoms. The molecule has 1 saturated heterocycles. The zero-order valence-corrected chi connectivity index (χ0v) is 12.9. The fourth-order valence-corrected chi connectivity index (χ4v) is 3.84. The minimum absolute atomic E-state index is 0.195. The molecule has 1 aliphatic carbocycles. The standard InChI is InChI=1S/C16H29NO3/c1-3-12-7-8-14(16(18)19)15(10-12)17(4-2)11-13-6-5-9-20-13/h12-15H,3-11H2,1-2H3,(H,18,19). The van der Waals surface area contributed by atoms with Crippen molar-refractivity contribution in [3.8, 4) is 0 Å². The summed E-state index contributed by atoms with van der Waals surface area (Å²) in [5, 5.41) is 9.51. The summed E-state index contributed by atoms with van der Waals surface area (Å²) in [5.41, 5.74) is 0. The smallest absolute Gasteiger partial charge is 0.308 e. The molecule has 2 fully saturated rings. The molecule has 4 nitrogen and oxygen atoms in total. The molecule has 0 aromatic heterocycles. The number of carbonyl (C=O) groups is 1. The van der Waals surface area contributed by atoms with E-state index in [1.54, 1.807) is 0 Å². The molecule has 0 aromatic rings. The van der Waals surface area contributed by atoms with Gasteiger partial charge in [0.15, 0.2) is 0 Å². The fourth-order valence-electron chi connectivity index (χ4n) is 3.84. The maximum atomic E-state index is 11.6. The Hall–Kier alpha value is -0.610. The molecule has 4 unspecified atom stereocenters. The van der Waals surface area contributed by atoms with Crippen molar-refractivity contribution < 1.29 is 14.6 Å². The first-order valence-electron chi connectivity index (χ1n) is 8.24. The summed E-state index contributed by atoms with van der Waals surface area (Å²) in [6.07, 6.45) is 6.69. The fraction of sp³-hybridized carbons (Fsp3) is 0.938. The quantitative estimate of drug-likeness (QED) is 0.814. The van der Waals surface area contributed by atoms with Crippen LogP contribution >= 0.6 is 0 Å². The van der Waals surface area contributed by atoms with Crippen molar-refractivity contribution in [1.82, 2.24) is 4.90 Å². The number of ether oxygens (including phenoxy) is 1. The maximum Gasteiger partial charge on any atom is 0.308 e. The topological polar surface area (TPSA) is 49.8 Å². The first kappa shape index (κ1) is 15.8. The SMILES string of the molecule is CCC1CCC(C(=O)O)C(N(CC)CC2CCCO2)C1. The lowest BCUT2D eigenvalue weighted by Gasteiger charge is -2.41. The van der Waals surface area contributed by atoms with Crippen LogP contribution < -0.4 is 0 Å². The molecular weight excluding hydrogens is 254 g/mol. The van der Waals surface area contributed by atoms with Gasteiger partial charge in [0, 0.05) is 19.2 Å². The number of hydrogen-bond acceptors (Lipinski definition) is 3. The van der Waals surface area contributed by atoms with Crippen molar-refractivity contribution in [1.29, 1.82) is 0 Å². The molecule has 4 atom stereocenters. The Kier molecular flexibility index (Phi) is 5.85. The third-order valence-corrected chi connectivity index (χ3v) is 5.16. The minimum atomic E-state index is -0.615. The van der Waals surface area contributed by atoms with Crippen LogP contribution in [0.25, 0.3) is 0 Å². The third kappa shape index (κ3) is 3.73. The van der Waals surface area contributed by atoms with Crippen LogP contribution in [0.3, 0.4) is 0 Å². The Bertz CT molecular complexity index is 315. The normalized spacial score (nSPS) is 34.5. The lowest BCUT2D eigenvalue weighted by molar-refractivity contribution is -0.146. The van der Waals surface area contributed by atoms with Crippen molar-refractivity contribution in [3.05, 3.63) is 0 Å². The largest absolute Gasteiger partial charge is 0.481 e. The molecule has 2 rings (SSSR count). The number of rotatable bonds is 6. The van der Waals surface area contributed by atoms with Gasteiger partial charge in [0.25, 0.3) is 0 Å². The van der Waals surface area contributed by atoms with Gasteiger partial charge in [0.2, 0.25) is 0 Å². The highest BCUT2D eigenvalue weighted by molar-refractivity contribution is 5.71. The average molecular weight is 283 g/mol. The lowest BCUT2D eigenvalue weighted by atomic mass is 9.76. The highest BCUT2D eigenvalue weighted by Crippen LogP contribution is 2.34. The molecule has 20 heavy (non-hydrogen) atoms. The average Bonchev–Trinajstić information content (AvgIpc) is 2.97. The van der Waals surface area contributed by atoms with Crippen LogP contribution in [-0.4, -0.2) is 47.8 Å². The summed E-state index contributed by atoms with van der Waals surface area (Å²) in [7, 11) is 0. The van der Waals surface area contributed by atoms with Gasteiger partial charge >= 0.3 is 5.97 Å². The Morgan fingerprint density at radius 3 is 2.65 bits per heavy atom. The first-order chi connectivity index (χ1) is 9.65. The molecule has 0 bridgehead atoms. The van der Waals surface area contributed by atoms with E-state index in [0.717, 1.165) is 51.8 Å². The van der Waals surface area contributed by atoms with E-state index >= 15 is 0 Å². The van der Waals surface area contributed by atoms with Crippen molar-refractivity contribution in [3.63, 3.8) is 0 Å². The molecule has 0 radical (unpaired) electrons. The molecule has 116 valence electrons. The molecule has 2 aliphatic rings. The number of aliphatic carboxylic acids is 1. The molecule has 0 aromatic carbocycles. The third-order valence-electron chi connectivity index (χ3n) is 5.16. The second-order valence-electron chi connectivity index (χ2n) is 6.32. The van der Waals surface area contributed by atoms with E-state index in [1.165, 1.54) is 6.42 Å². The summed E-state index contributed by atoms with van der Waals surface area (Å²) in [5.74, 6) is -0.122. The minimum Gasteiger partial charge on any atom is -0.481 e. The maximum absolute atomic E-state index is 11.6. The molecular formula is C16H29NO3. The Morgan fingerprint density at radius 2 is 2.10 bits per heavy atom. The van der Waals surface area contributed by atoms with E-state index in [2.05, 4.69) is 18.7 Å². The van der Waals surface area contributed by atoms with E-state index in [1.807, 2.05) is 0 Å². The van der Waals surface area contributed by atoms with Crippen molar-refractivity contribution in [2.45, 2.75) is 64.5 Å². The molecule has 1 saturated carbocycles. The Balaban J connectivity index is 2.03. The highest BCUT2D eigenvalue weighted by atomic mass is 16.5. The van der Waals surface area contributed by atoms with Crippen LogP contribution in [0.4, 0.5) is 0 Å². The summed E-state index contributed by atoms with van der Waals surface area (Å²) < 4.78 is 5.74. The van der Waals surface area contributed by atoms with Gasteiger partial charge in [0.1, 0.15) is 0 Å². The predicted octanol–water partition coefficient (Wildman–Crippen LogP) is 2.77. The van der Waals surface area contributed by atoms with Gasteiger partial charge in [-0.25, -0.2) is 0 Å². The number of carboxylic acids is 1. The van der Waals surface area contributed by atoms with Crippen LogP contribution in [0.1, 0.15) is 52.4 Å². The van der Waals surface area contributed by atoms with Crippen LogP contribution in [0.15, 0.2) is 0 Å². The van der Waals surface area contributed by atoms with Gasteiger partial charge in [-0.15, -0.1) is 0 Å². The highest BCUT2D eigenvalue weighted by Gasteiger charge is 2.38.